The molecule has 1 fully saturated rings. The van der Waals surface area contributed by atoms with E-state index in [4.69, 9.17) is 18.9 Å². The number of carbonyl (C=O) groups excluding carboxylic acids is 4. The van der Waals surface area contributed by atoms with Crippen molar-refractivity contribution >= 4 is 23.4 Å². The molecule has 2 aromatic rings. The van der Waals surface area contributed by atoms with Crippen molar-refractivity contribution in [3.63, 3.8) is 0 Å². The first-order valence-electron chi connectivity index (χ1n) is 16.7. The number of ketones is 3. The van der Waals surface area contributed by atoms with Gasteiger partial charge in [-0.15, -0.1) is 0 Å². The highest BCUT2D eigenvalue weighted by atomic mass is 16.7. The van der Waals surface area contributed by atoms with Crippen molar-refractivity contribution in [1.82, 2.24) is 5.32 Å². The van der Waals surface area contributed by atoms with Gasteiger partial charge in [0.2, 0.25) is 5.78 Å². The predicted octanol–water partition coefficient (Wildman–Crippen LogP) is 3.54. The molecule has 0 radical (unpaired) electrons. The molecule has 6 rings (SSSR count). The lowest BCUT2D eigenvalue weighted by Gasteiger charge is -2.41. The number of methoxy groups -OCH3 is 1. The smallest absolute Gasteiger partial charge is 0.408 e. The van der Waals surface area contributed by atoms with Gasteiger partial charge in [0.15, 0.2) is 17.9 Å². The van der Waals surface area contributed by atoms with Crippen LogP contribution in [0, 0.1) is 5.92 Å². The van der Waals surface area contributed by atoms with Crippen molar-refractivity contribution in [1.29, 1.82) is 0 Å². The second kappa shape index (κ2) is 14.3. The van der Waals surface area contributed by atoms with Crippen LogP contribution in [0.25, 0.3) is 0 Å². The number of carbonyl (C=O) groups is 4. The van der Waals surface area contributed by atoms with Crippen LogP contribution in [0.5, 0.6) is 17.2 Å². The Kier molecular flexibility index (Phi) is 10.1. The Morgan fingerprint density at radius 3 is 2.55 bits per heavy atom. The molecule has 0 bridgehead atoms. The first kappa shape index (κ1) is 34.6. The van der Waals surface area contributed by atoms with Crippen LogP contribution in [0.2, 0.25) is 0 Å². The zero-order valence-electron chi connectivity index (χ0n) is 27.3. The topological polar surface area (TPSA) is 198 Å². The first-order valence-corrected chi connectivity index (χ1v) is 16.7. The molecule has 13 nitrogen and oxygen atoms in total. The van der Waals surface area contributed by atoms with Gasteiger partial charge in [-0.25, -0.2) is 4.79 Å². The number of aliphatic hydroxyl groups excluding tert-OH is 2. The highest BCUT2D eigenvalue weighted by Gasteiger charge is 2.45. The van der Waals surface area contributed by atoms with Gasteiger partial charge in [-0.1, -0.05) is 24.6 Å². The number of ether oxygens (including phenoxy) is 4. The first-order chi connectivity index (χ1) is 23.5. The number of amides is 1. The number of hydrogen-bond donors (Lipinski definition) is 5. The van der Waals surface area contributed by atoms with Crippen molar-refractivity contribution in [2.75, 3.05) is 13.7 Å². The standard InChI is InChI=1S/C36H41NO12/c1-17-31(40)22(37-36(45)48-19-9-6-4-3-5-7-10-19)15-26(47-17)49-25-14-18(23(39)16-38)13-21-28(25)35(44)30-29(33(21)42)32(41)20-11-8-12-24(46-2)27(20)34(30)43/h6,8-9,11-12,17-19,22,25-26,31,38,40,42,44H,3-5,7,10,13-16H2,1-2H3,(H,37,45)/b9-6+/t17-,18+,19?,22-,25-,26?,31+/m0/s1. The van der Waals surface area contributed by atoms with E-state index in [1.807, 2.05) is 12.2 Å². The van der Waals surface area contributed by atoms with Crippen molar-refractivity contribution in [3.05, 3.63) is 63.7 Å². The molecule has 2 unspecified atom stereocenters. The number of Topliss-reactive ketones (excluding diaryl/α,β-unsaturated/α-hetero) is 1. The highest BCUT2D eigenvalue weighted by Crippen LogP contribution is 2.51. The Hall–Kier alpha value is -4.30. The van der Waals surface area contributed by atoms with E-state index in [-0.39, 0.29) is 47.3 Å². The minimum atomic E-state index is -1.16. The fraction of sp³-hybridized carbons (Fsp3) is 0.500. The van der Waals surface area contributed by atoms with E-state index < -0.39 is 95.3 Å². The van der Waals surface area contributed by atoms with Gasteiger partial charge in [-0.2, -0.15) is 0 Å². The number of nitrogens with one attached hydrogen (secondary N) is 1. The number of phenols is 2. The lowest BCUT2D eigenvalue weighted by molar-refractivity contribution is -0.245. The molecule has 5 N–H and O–H groups in total. The Balaban J connectivity index is 1.31. The average Bonchev–Trinajstić information content (AvgIpc) is 3.07. The Morgan fingerprint density at radius 1 is 1.02 bits per heavy atom. The number of phenolic OH excluding ortho intramolecular Hbond substituents is 2. The molecule has 1 saturated heterocycles. The largest absolute Gasteiger partial charge is 0.507 e. The molecule has 0 saturated carbocycles. The Bertz CT molecular complexity index is 1680. The number of allylic oxidation sites excluding steroid dienone is 1. The fourth-order valence-corrected chi connectivity index (χ4v) is 7.39. The zero-order valence-corrected chi connectivity index (χ0v) is 27.3. The van der Waals surface area contributed by atoms with Crippen LogP contribution in [0.3, 0.4) is 0 Å². The molecule has 1 amide bonds. The number of rotatable bonds is 7. The lowest BCUT2D eigenvalue weighted by atomic mass is 9.73. The number of aliphatic hydroxyl groups is 2. The molecule has 4 aliphatic rings. The van der Waals surface area contributed by atoms with Crippen molar-refractivity contribution < 1.29 is 58.6 Å². The summed E-state index contributed by atoms with van der Waals surface area (Å²) < 4.78 is 23.2. The van der Waals surface area contributed by atoms with Gasteiger partial charge >= 0.3 is 6.09 Å². The fourth-order valence-electron chi connectivity index (χ4n) is 7.39. The molecule has 49 heavy (non-hydrogen) atoms. The summed E-state index contributed by atoms with van der Waals surface area (Å²) in [6.45, 7) is 0.807. The van der Waals surface area contributed by atoms with Gasteiger partial charge in [-0.05, 0) is 57.6 Å². The third kappa shape index (κ3) is 6.55. The van der Waals surface area contributed by atoms with Crippen LogP contribution in [0.15, 0.2) is 30.4 Å². The second-order valence-electron chi connectivity index (χ2n) is 13.0. The third-order valence-corrected chi connectivity index (χ3v) is 9.94. The highest BCUT2D eigenvalue weighted by molar-refractivity contribution is 6.31. The van der Waals surface area contributed by atoms with Crippen LogP contribution < -0.4 is 10.1 Å². The normalized spacial score (nSPS) is 28.6. The van der Waals surface area contributed by atoms with E-state index in [2.05, 4.69) is 5.32 Å². The summed E-state index contributed by atoms with van der Waals surface area (Å²) in [7, 11) is 1.34. The Morgan fingerprint density at radius 2 is 1.80 bits per heavy atom. The lowest BCUT2D eigenvalue weighted by Crippen LogP contribution is -2.55. The molecular formula is C36H41NO12. The predicted molar refractivity (Wildman–Crippen MR) is 172 cm³/mol. The second-order valence-corrected chi connectivity index (χ2v) is 13.0. The number of alkyl carbamates (subject to hydrolysis) is 1. The number of aromatic hydroxyl groups is 2. The summed E-state index contributed by atoms with van der Waals surface area (Å²) in [4.78, 5) is 53.3. The van der Waals surface area contributed by atoms with Crippen LogP contribution >= 0.6 is 0 Å². The minimum Gasteiger partial charge on any atom is -0.507 e. The van der Waals surface area contributed by atoms with Crippen molar-refractivity contribution in [2.24, 2.45) is 5.92 Å². The monoisotopic (exact) mass is 679 g/mol. The van der Waals surface area contributed by atoms with Gasteiger partial charge in [0.25, 0.3) is 0 Å². The van der Waals surface area contributed by atoms with Gasteiger partial charge in [0.05, 0.1) is 42.0 Å². The van der Waals surface area contributed by atoms with E-state index in [1.54, 1.807) is 6.92 Å². The molecule has 2 aromatic carbocycles. The van der Waals surface area contributed by atoms with Crippen molar-refractivity contribution in [3.8, 4) is 17.2 Å². The molecule has 1 heterocycles. The van der Waals surface area contributed by atoms with E-state index in [0.29, 0.717) is 6.42 Å². The maximum atomic E-state index is 13.9. The SMILES string of the molecule is COc1cccc2c1C(=O)c1c(O)c3c(c(O)c1C2=O)C[C@@H](C(=O)CO)C[C@@H]3OC1C[C@H](NC(=O)OC2/C=C/CCCCC2)[C@H](O)[C@H](C)O1. The van der Waals surface area contributed by atoms with Crippen LogP contribution in [0.4, 0.5) is 4.79 Å². The van der Waals surface area contributed by atoms with Gasteiger partial charge in [0.1, 0.15) is 36.1 Å². The quantitative estimate of drug-likeness (QED) is 0.180. The van der Waals surface area contributed by atoms with E-state index in [0.717, 1.165) is 25.7 Å². The summed E-state index contributed by atoms with van der Waals surface area (Å²) in [5.41, 5.74) is -0.860. The molecule has 13 heteroatoms. The van der Waals surface area contributed by atoms with E-state index in [1.165, 1.54) is 25.3 Å². The Labute approximate surface area is 282 Å². The summed E-state index contributed by atoms with van der Waals surface area (Å²) >= 11 is 0. The molecule has 0 spiro atoms. The van der Waals surface area contributed by atoms with E-state index in [9.17, 15) is 39.6 Å². The maximum absolute atomic E-state index is 13.9. The van der Waals surface area contributed by atoms with Crippen LogP contribution in [-0.2, 0) is 25.4 Å². The molecule has 262 valence electrons. The summed E-state index contributed by atoms with van der Waals surface area (Å²) in [5, 5.41) is 46.6. The average molecular weight is 680 g/mol. The summed E-state index contributed by atoms with van der Waals surface area (Å²) in [6, 6.07) is 3.60. The molecule has 0 aromatic heterocycles. The number of hydrogen-bond acceptors (Lipinski definition) is 12. The molecule has 1 aliphatic heterocycles. The minimum absolute atomic E-state index is 0.0000933. The zero-order chi connectivity index (χ0) is 35.0. The maximum Gasteiger partial charge on any atom is 0.408 e. The van der Waals surface area contributed by atoms with Crippen LogP contribution in [-0.4, -0.2) is 88.2 Å². The van der Waals surface area contributed by atoms with Crippen molar-refractivity contribution in [2.45, 2.75) is 95.0 Å². The summed E-state index contributed by atoms with van der Waals surface area (Å²) in [5.74, 6) is -3.92. The molecule has 7 atom stereocenters. The third-order valence-electron chi connectivity index (χ3n) is 9.94. The van der Waals surface area contributed by atoms with Gasteiger partial charge in [0, 0.05) is 29.0 Å². The molecular weight excluding hydrogens is 638 g/mol. The van der Waals surface area contributed by atoms with E-state index >= 15 is 0 Å². The number of benzene rings is 2. The van der Waals surface area contributed by atoms with Crippen LogP contribution in [0.1, 0.15) is 101 Å². The summed E-state index contributed by atoms with van der Waals surface area (Å²) in [6.07, 6.45) is 2.93. The van der Waals surface area contributed by atoms with Gasteiger partial charge in [-0.3, -0.25) is 14.4 Å². The number of fused-ring (bicyclic) bond motifs is 3. The van der Waals surface area contributed by atoms with Gasteiger partial charge < -0.3 is 44.7 Å². The molecule has 3 aliphatic carbocycles.